The van der Waals surface area contributed by atoms with Gasteiger partial charge in [-0.3, -0.25) is 0 Å². The number of aromatic amines is 1. The second kappa shape index (κ2) is 7.44. The molecule has 1 N–H and O–H groups in total. The Morgan fingerprint density at radius 2 is 1.78 bits per heavy atom. The van der Waals surface area contributed by atoms with Crippen molar-refractivity contribution in [2.45, 2.75) is 25.2 Å². The van der Waals surface area contributed by atoms with E-state index >= 15 is 0 Å². The zero-order valence-electron chi connectivity index (χ0n) is 15.1. The van der Waals surface area contributed by atoms with Crippen molar-refractivity contribution in [1.82, 2.24) is 9.29 Å². The van der Waals surface area contributed by atoms with Gasteiger partial charge >= 0.3 is 0 Å². The van der Waals surface area contributed by atoms with E-state index in [-0.39, 0.29) is 17.5 Å². The fourth-order valence-corrected chi connectivity index (χ4v) is 5.33. The number of benzene rings is 2. The minimum Gasteiger partial charge on any atom is -0.358 e. The van der Waals surface area contributed by atoms with Crippen molar-refractivity contribution < 1.29 is 12.8 Å². The first kappa shape index (κ1) is 18.2. The van der Waals surface area contributed by atoms with Crippen LogP contribution in [-0.2, 0) is 16.4 Å². The van der Waals surface area contributed by atoms with Crippen molar-refractivity contribution in [2.75, 3.05) is 18.8 Å². The molecule has 6 heteroatoms. The summed E-state index contributed by atoms with van der Waals surface area (Å²) in [6.07, 6.45) is 2.09. The molecular weight excluding hydrogens is 363 g/mol. The number of hydrogen-bond donors (Lipinski definition) is 1. The second-order valence-electron chi connectivity index (χ2n) is 7.18. The number of piperidine rings is 1. The van der Waals surface area contributed by atoms with Crippen molar-refractivity contribution in [3.05, 3.63) is 71.7 Å². The van der Waals surface area contributed by atoms with Crippen LogP contribution in [-0.4, -0.2) is 36.5 Å². The molecule has 0 bridgehead atoms. The Labute approximate surface area is 159 Å². The van der Waals surface area contributed by atoms with Crippen LogP contribution in [0.1, 0.15) is 30.0 Å². The molecular formula is C21H23FN2O2S. The molecule has 0 spiro atoms. The van der Waals surface area contributed by atoms with Crippen LogP contribution in [0.15, 0.2) is 54.6 Å². The molecule has 1 saturated heterocycles. The molecule has 1 aliphatic heterocycles. The van der Waals surface area contributed by atoms with Crippen molar-refractivity contribution in [2.24, 2.45) is 0 Å². The molecule has 0 radical (unpaired) electrons. The third-order valence-electron chi connectivity index (χ3n) is 5.38. The minimum absolute atomic E-state index is 0.146. The highest BCUT2D eigenvalue weighted by Crippen LogP contribution is 2.31. The van der Waals surface area contributed by atoms with Crippen molar-refractivity contribution in [1.29, 1.82) is 0 Å². The summed E-state index contributed by atoms with van der Waals surface area (Å²) in [7, 11) is -3.24. The molecule has 27 heavy (non-hydrogen) atoms. The van der Waals surface area contributed by atoms with E-state index in [9.17, 15) is 12.8 Å². The predicted molar refractivity (Wildman–Crippen MR) is 106 cm³/mol. The number of rotatable bonds is 5. The van der Waals surface area contributed by atoms with E-state index in [2.05, 4.69) is 4.98 Å². The second-order valence-corrected chi connectivity index (χ2v) is 9.27. The zero-order chi connectivity index (χ0) is 18.9. The normalized spacial score (nSPS) is 16.8. The lowest BCUT2D eigenvalue weighted by atomic mass is 9.95. The fraction of sp³-hybridized carbons (Fsp3) is 0.333. The van der Waals surface area contributed by atoms with E-state index in [1.807, 2.05) is 36.4 Å². The molecule has 1 aromatic heterocycles. The largest absolute Gasteiger partial charge is 0.358 e. The SMILES string of the molecule is O=S(=O)(CCc1ccccc1)N1CCC(c2cc3cc(F)ccc3[nH]2)CC1. The van der Waals surface area contributed by atoms with Crippen LogP contribution in [0, 0.1) is 5.82 Å². The number of aryl methyl sites for hydroxylation is 1. The first-order valence-corrected chi connectivity index (χ1v) is 10.9. The first-order chi connectivity index (χ1) is 13.0. The maximum absolute atomic E-state index is 13.4. The Balaban J connectivity index is 1.38. The van der Waals surface area contributed by atoms with Gasteiger partial charge in [0.2, 0.25) is 10.0 Å². The van der Waals surface area contributed by atoms with Gasteiger partial charge in [0.15, 0.2) is 0 Å². The lowest BCUT2D eigenvalue weighted by molar-refractivity contribution is 0.317. The van der Waals surface area contributed by atoms with Gasteiger partial charge in [-0.05, 0) is 49.1 Å². The van der Waals surface area contributed by atoms with Gasteiger partial charge in [-0.25, -0.2) is 17.1 Å². The Kier molecular flexibility index (Phi) is 5.02. The maximum atomic E-state index is 13.4. The standard InChI is InChI=1S/C21H23FN2O2S/c22-19-6-7-20-18(14-19)15-21(23-20)17-8-11-24(12-9-17)27(25,26)13-10-16-4-2-1-3-5-16/h1-7,14-15,17,23H,8-13H2. The number of aromatic nitrogens is 1. The summed E-state index contributed by atoms with van der Waals surface area (Å²) < 4.78 is 40.3. The summed E-state index contributed by atoms with van der Waals surface area (Å²) in [5, 5.41) is 0.864. The molecule has 2 heterocycles. The fourth-order valence-electron chi connectivity index (χ4n) is 3.81. The summed E-state index contributed by atoms with van der Waals surface area (Å²) >= 11 is 0. The van der Waals surface area contributed by atoms with Gasteiger partial charge in [-0.2, -0.15) is 0 Å². The summed E-state index contributed by atoms with van der Waals surface area (Å²) in [6.45, 7) is 1.07. The van der Waals surface area contributed by atoms with Gasteiger partial charge < -0.3 is 4.98 Å². The quantitative estimate of drug-likeness (QED) is 0.719. The third kappa shape index (κ3) is 4.06. The Morgan fingerprint density at radius 3 is 2.52 bits per heavy atom. The molecule has 0 unspecified atom stereocenters. The third-order valence-corrected chi connectivity index (χ3v) is 7.25. The highest BCUT2D eigenvalue weighted by molar-refractivity contribution is 7.89. The molecule has 3 aromatic rings. The molecule has 0 atom stereocenters. The first-order valence-electron chi connectivity index (χ1n) is 9.31. The van der Waals surface area contributed by atoms with Crippen molar-refractivity contribution >= 4 is 20.9 Å². The Bertz CT molecular complexity index is 1020. The molecule has 0 saturated carbocycles. The summed E-state index contributed by atoms with van der Waals surface area (Å²) in [4.78, 5) is 3.36. The summed E-state index contributed by atoms with van der Waals surface area (Å²) in [5.74, 6) is 0.182. The van der Waals surface area contributed by atoms with Gasteiger partial charge in [0.05, 0.1) is 5.75 Å². The van der Waals surface area contributed by atoms with Gasteiger partial charge in [-0.1, -0.05) is 30.3 Å². The Morgan fingerprint density at radius 1 is 1.04 bits per heavy atom. The molecule has 4 nitrogen and oxygen atoms in total. The Hall–Kier alpha value is -2.18. The van der Waals surface area contributed by atoms with Crippen LogP contribution in [0.25, 0.3) is 10.9 Å². The van der Waals surface area contributed by atoms with Crippen LogP contribution in [0.3, 0.4) is 0 Å². The van der Waals surface area contributed by atoms with Crippen LogP contribution in [0.2, 0.25) is 0 Å². The molecule has 0 amide bonds. The number of halogens is 1. The predicted octanol–water partition coefficient (Wildman–Crippen LogP) is 4.06. The monoisotopic (exact) mass is 386 g/mol. The molecule has 142 valence electrons. The molecule has 1 aliphatic rings. The number of fused-ring (bicyclic) bond motifs is 1. The number of sulfonamides is 1. The minimum atomic E-state index is -3.24. The van der Waals surface area contributed by atoms with Crippen LogP contribution in [0.5, 0.6) is 0 Å². The van der Waals surface area contributed by atoms with Gasteiger partial charge in [-0.15, -0.1) is 0 Å². The number of nitrogens with zero attached hydrogens (tertiary/aromatic N) is 1. The van der Waals surface area contributed by atoms with Crippen molar-refractivity contribution in [3.63, 3.8) is 0 Å². The molecule has 2 aromatic carbocycles. The van der Waals surface area contributed by atoms with Crippen LogP contribution < -0.4 is 0 Å². The molecule has 1 fully saturated rings. The lowest BCUT2D eigenvalue weighted by Gasteiger charge is -2.30. The maximum Gasteiger partial charge on any atom is 0.214 e. The lowest BCUT2D eigenvalue weighted by Crippen LogP contribution is -2.39. The van der Waals surface area contributed by atoms with E-state index in [0.717, 1.165) is 35.0 Å². The average Bonchev–Trinajstić information content (AvgIpc) is 3.10. The topological polar surface area (TPSA) is 53.2 Å². The number of nitrogens with one attached hydrogen (secondary N) is 1. The molecule has 4 rings (SSSR count). The van der Waals surface area contributed by atoms with E-state index in [1.165, 1.54) is 12.1 Å². The zero-order valence-corrected chi connectivity index (χ0v) is 15.9. The summed E-state index contributed by atoms with van der Waals surface area (Å²) in [6, 6.07) is 16.4. The number of hydrogen-bond acceptors (Lipinski definition) is 2. The number of H-pyrrole nitrogens is 1. The van der Waals surface area contributed by atoms with E-state index in [0.29, 0.717) is 19.5 Å². The summed E-state index contributed by atoms with van der Waals surface area (Å²) in [5.41, 5.74) is 3.03. The van der Waals surface area contributed by atoms with Crippen LogP contribution in [0.4, 0.5) is 4.39 Å². The highest BCUT2D eigenvalue weighted by Gasteiger charge is 2.29. The van der Waals surface area contributed by atoms with E-state index in [1.54, 1.807) is 10.4 Å². The molecule has 0 aliphatic carbocycles. The van der Waals surface area contributed by atoms with Gasteiger partial charge in [0.25, 0.3) is 0 Å². The average molecular weight is 386 g/mol. The van der Waals surface area contributed by atoms with Gasteiger partial charge in [0, 0.05) is 35.6 Å². The van der Waals surface area contributed by atoms with E-state index in [4.69, 9.17) is 0 Å². The van der Waals surface area contributed by atoms with Crippen molar-refractivity contribution in [3.8, 4) is 0 Å². The van der Waals surface area contributed by atoms with Gasteiger partial charge in [0.1, 0.15) is 5.82 Å². The van der Waals surface area contributed by atoms with Crippen LogP contribution >= 0.6 is 0 Å². The highest BCUT2D eigenvalue weighted by atomic mass is 32.2. The van der Waals surface area contributed by atoms with E-state index < -0.39 is 10.0 Å². The smallest absolute Gasteiger partial charge is 0.214 e.